The molecular formula is C12H12ClN3O2. The summed E-state index contributed by atoms with van der Waals surface area (Å²) >= 11 is 5.31. The summed E-state index contributed by atoms with van der Waals surface area (Å²) in [6, 6.07) is 9.41. The van der Waals surface area contributed by atoms with Gasteiger partial charge in [0, 0.05) is 18.0 Å². The molecule has 94 valence electrons. The summed E-state index contributed by atoms with van der Waals surface area (Å²) < 4.78 is 1.76. The zero-order valence-corrected chi connectivity index (χ0v) is 10.5. The highest BCUT2D eigenvalue weighted by Crippen LogP contribution is 2.17. The summed E-state index contributed by atoms with van der Waals surface area (Å²) in [6.45, 7) is 0. The number of benzene rings is 1. The zero-order chi connectivity index (χ0) is 13.1. The van der Waals surface area contributed by atoms with Crippen LogP contribution in [0.5, 0.6) is 0 Å². The van der Waals surface area contributed by atoms with Crippen LogP contribution in [0.15, 0.2) is 30.3 Å². The Balaban J connectivity index is 2.23. The number of carbonyl (C=O) groups excluding carboxylic acids is 2. The lowest BCUT2D eigenvalue weighted by molar-refractivity contribution is -0.119. The number of fused-ring (bicyclic) bond motifs is 1. The lowest BCUT2D eigenvalue weighted by atomic mass is 10.2. The molecule has 5 nitrogen and oxygen atoms in total. The number of nitrogens with zero attached hydrogens (tertiary/aromatic N) is 1. The first-order chi connectivity index (χ1) is 8.63. The van der Waals surface area contributed by atoms with E-state index < -0.39 is 5.91 Å². The number of halogens is 1. The van der Waals surface area contributed by atoms with Gasteiger partial charge >= 0.3 is 0 Å². The number of aromatic nitrogens is 1. The topological polar surface area (TPSA) is 63.1 Å². The van der Waals surface area contributed by atoms with E-state index in [2.05, 4.69) is 10.9 Å². The summed E-state index contributed by atoms with van der Waals surface area (Å²) in [5, 5.41) is 0.966. The third-order valence-corrected chi connectivity index (χ3v) is 2.86. The molecule has 18 heavy (non-hydrogen) atoms. The van der Waals surface area contributed by atoms with E-state index >= 15 is 0 Å². The van der Waals surface area contributed by atoms with E-state index in [0.29, 0.717) is 5.69 Å². The van der Waals surface area contributed by atoms with Crippen LogP contribution in [-0.4, -0.2) is 22.3 Å². The maximum absolute atomic E-state index is 11.9. The number of hydrogen-bond acceptors (Lipinski definition) is 2. The van der Waals surface area contributed by atoms with Crippen molar-refractivity contribution in [2.24, 2.45) is 7.05 Å². The first-order valence-corrected chi connectivity index (χ1v) is 5.86. The Bertz CT molecular complexity index is 606. The Morgan fingerprint density at radius 3 is 2.67 bits per heavy atom. The first-order valence-electron chi connectivity index (χ1n) is 5.33. The minimum atomic E-state index is -0.455. The number of alkyl halides is 1. The largest absolute Gasteiger partial charge is 0.340 e. The van der Waals surface area contributed by atoms with E-state index in [9.17, 15) is 9.59 Å². The second-order valence-electron chi connectivity index (χ2n) is 3.78. The number of rotatable bonds is 2. The Hall–Kier alpha value is -2.01. The van der Waals surface area contributed by atoms with Crippen LogP contribution in [0.3, 0.4) is 0 Å². The van der Waals surface area contributed by atoms with Gasteiger partial charge in [0.15, 0.2) is 0 Å². The van der Waals surface area contributed by atoms with Crippen LogP contribution >= 0.6 is 11.6 Å². The van der Waals surface area contributed by atoms with Crippen LogP contribution in [0.4, 0.5) is 0 Å². The minimum Gasteiger partial charge on any atom is -0.340 e. The molecule has 0 bridgehead atoms. The van der Waals surface area contributed by atoms with Crippen LogP contribution < -0.4 is 10.9 Å². The van der Waals surface area contributed by atoms with E-state index in [1.54, 1.807) is 17.7 Å². The summed E-state index contributed by atoms with van der Waals surface area (Å²) in [4.78, 5) is 22.8. The number of aryl methyl sites for hydroxylation is 1. The smallest absolute Gasteiger partial charge is 0.286 e. The molecule has 0 unspecified atom stereocenters. The molecule has 1 aromatic heterocycles. The summed E-state index contributed by atoms with van der Waals surface area (Å²) in [5.41, 5.74) is 5.94. The number of amides is 2. The van der Waals surface area contributed by atoms with Crippen molar-refractivity contribution in [1.29, 1.82) is 0 Å². The summed E-state index contributed by atoms with van der Waals surface area (Å²) in [5.74, 6) is -1.04. The van der Waals surface area contributed by atoms with Gasteiger partial charge in [0.05, 0.1) is 0 Å². The molecule has 0 spiro atoms. The fourth-order valence-electron chi connectivity index (χ4n) is 1.73. The first kappa shape index (κ1) is 12.4. The Kier molecular flexibility index (Phi) is 3.53. The molecule has 0 atom stereocenters. The standard InChI is InChI=1S/C12H12ClN3O2/c1-16-9-5-3-2-4-8(9)6-10(16)12(18)15-14-11(17)7-13/h2-6H,7H2,1H3,(H,14,17)(H,15,18). The van der Waals surface area contributed by atoms with Gasteiger partial charge in [0.25, 0.3) is 11.8 Å². The van der Waals surface area contributed by atoms with Crippen molar-refractivity contribution in [1.82, 2.24) is 15.4 Å². The van der Waals surface area contributed by atoms with Crippen LogP contribution in [0.1, 0.15) is 10.5 Å². The fraction of sp³-hybridized carbons (Fsp3) is 0.167. The number of hydrazine groups is 1. The molecule has 0 aliphatic heterocycles. The van der Waals surface area contributed by atoms with Crippen molar-refractivity contribution in [2.45, 2.75) is 0 Å². The number of nitrogens with one attached hydrogen (secondary N) is 2. The van der Waals surface area contributed by atoms with Crippen LogP contribution in [-0.2, 0) is 11.8 Å². The molecule has 0 saturated carbocycles. The average Bonchev–Trinajstić information content (AvgIpc) is 2.73. The molecule has 1 aromatic carbocycles. The molecule has 0 aliphatic carbocycles. The van der Waals surface area contributed by atoms with Crippen molar-refractivity contribution in [2.75, 3.05) is 5.88 Å². The lowest BCUT2D eigenvalue weighted by Gasteiger charge is -2.06. The third-order valence-electron chi connectivity index (χ3n) is 2.62. The normalized spacial score (nSPS) is 10.3. The molecule has 2 aromatic rings. The lowest BCUT2D eigenvalue weighted by Crippen LogP contribution is -2.42. The van der Waals surface area contributed by atoms with Gasteiger partial charge in [-0.1, -0.05) is 18.2 Å². The van der Waals surface area contributed by atoms with E-state index in [1.165, 1.54) is 0 Å². The van der Waals surface area contributed by atoms with Gasteiger partial charge in [-0.25, -0.2) is 0 Å². The second kappa shape index (κ2) is 5.10. The van der Waals surface area contributed by atoms with Gasteiger partial charge in [0.2, 0.25) is 0 Å². The van der Waals surface area contributed by atoms with Crippen LogP contribution in [0.25, 0.3) is 10.9 Å². The predicted molar refractivity (Wildman–Crippen MR) is 69.2 cm³/mol. The molecule has 0 aliphatic rings. The van der Waals surface area contributed by atoms with Crippen molar-refractivity contribution in [3.8, 4) is 0 Å². The quantitative estimate of drug-likeness (QED) is 0.633. The third kappa shape index (κ3) is 2.31. The van der Waals surface area contributed by atoms with E-state index in [4.69, 9.17) is 11.6 Å². The molecule has 6 heteroatoms. The zero-order valence-electron chi connectivity index (χ0n) is 9.74. The van der Waals surface area contributed by atoms with Gasteiger partial charge in [-0.05, 0) is 12.1 Å². The Morgan fingerprint density at radius 1 is 1.28 bits per heavy atom. The van der Waals surface area contributed by atoms with Crippen molar-refractivity contribution in [3.63, 3.8) is 0 Å². The van der Waals surface area contributed by atoms with Gasteiger partial charge < -0.3 is 4.57 Å². The predicted octanol–water partition coefficient (Wildman–Crippen LogP) is 1.18. The van der Waals surface area contributed by atoms with E-state index in [1.807, 2.05) is 24.3 Å². The van der Waals surface area contributed by atoms with Crippen molar-refractivity contribution in [3.05, 3.63) is 36.0 Å². The minimum absolute atomic E-state index is 0.199. The molecule has 0 fully saturated rings. The number of carbonyl (C=O) groups is 2. The Labute approximate surface area is 109 Å². The molecule has 1 heterocycles. The maximum Gasteiger partial charge on any atom is 0.286 e. The molecule has 2 amide bonds. The Morgan fingerprint density at radius 2 is 2.00 bits per heavy atom. The highest BCUT2D eigenvalue weighted by Gasteiger charge is 2.13. The maximum atomic E-state index is 11.9. The van der Waals surface area contributed by atoms with Gasteiger partial charge in [-0.3, -0.25) is 20.4 Å². The van der Waals surface area contributed by atoms with Crippen molar-refractivity contribution < 1.29 is 9.59 Å². The molecule has 0 saturated heterocycles. The van der Waals surface area contributed by atoms with Gasteiger partial charge in [-0.2, -0.15) is 0 Å². The molecule has 2 N–H and O–H groups in total. The monoisotopic (exact) mass is 265 g/mol. The molecule has 2 rings (SSSR count). The van der Waals surface area contributed by atoms with E-state index in [-0.39, 0.29) is 11.8 Å². The van der Waals surface area contributed by atoms with Crippen LogP contribution in [0, 0.1) is 0 Å². The number of hydrogen-bond donors (Lipinski definition) is 2. The highest BCUT2D eigenvalue weighted by atomic mass is 35.5. The van der Waals surface area contributed by atoms with Crippen LogP contribution in [0.2, 0.25) is 0 Å². The summed E-state index contributed by atoms with van der Waals surface area (Å²) in [6.07, 6.45) is 0. The fourth-order valence-corrected chi connectivity index (χ4v) is 1.80. The summed E-state index contributed by atoms with van der Waals surface area (Å²) in [7, 11) is 1.79. The van der Waals surface area contributed by atoms with Gasteiger partial charge in [-0.15, -0.1) is 11.6 Å². The van der Waals surface area contributed by atoms with E-state index in [0.717, 1.165) is 10.9 Å². The molecule has 0 radical (unpaired) electrons. The van der Waals surface area contributed by atoms with Crippen molar-refractivity contribution >= 4 is 34.3 Å². The number of para-hydroxylation sites is 1. The SMILES string of the molecule is Cn1c(C(=O)NNC(=O)CCl)cc2ccccc21. The van der Waals surface area contributed by atoms with Gasteiger partial charge in [0.1, 0.15) is 11.6 Å². The average molecular weight is 266 g/mol. The molecular weight excluding hydrogens is 254 g/mol. The highest BCUT2D eigenvalue weighted by molar-refractivity contribution is 6.27. The second-order valence-corrected chi connectivity index (χ2v) is 4.05.